The van der Waals surface area contributed by atoms with E-state index in [4.69, 9.17) is 32.7 Å². The number of anilines is 1. The number of carbonyl (C=O) groups is 1. The van der Waals surface area contributed by atoms with Crippen LogP contribution < -0.4 is 14.8 Å². The number of benzene rings is 3. The average molecular weight is 552 g/mol. The maximum atomic E-state index is 12.8. The molecular formula is C28H23Cl2N3O5. The molecule has 0 aliphatic carbocycles. The van der Waals surface area contributed by atoms with Gasteiger partial charge in [-0.15, -0.1) is 6.58 Å². The predicted molar refractivity (Wildman–Crippen MR) is 148 cm³/mol. The van der Waals surface area contributed by atoms with E-state index in [1.54, 1.807) is 48.5 Å². The summed E-state index contributed by atoms with van der Waals surface area (Å²) in [6, 6.07) is 16.3. The van der Waals surface area contributed by atoms with Gasteiger partial charge in [-0.2, -0.15) is 5.26 Å². The molecular weight excluding hydrogens is 529 g/mol. The normalized spacial score (nSPS) is 10.8. The van der Waals surface area contributed by atoms with Crippen LogP contribution in [0, 0.1) is 21.4 Å². The van der Waals surface area contributed by atoms with E-state index in [9.17, 15) is 20.2 Å². The van der Waals surface area contributed by atoms with Crippen molar-refractivity contribution in [2.75, 3.05) is 11.9 Å². The molecule has 8 nitrogen and oxygen atoms in total. The van der Waals surface area contributed by atoms with Crippen molar-refractivity contribution in [3.05, 3.63) is 110 Å². The highest BCUT2D eigenvalue weighted by Crippen LogP contribution is 2.36. The number of nitro groups is 1. The molecule has 10 heteroatoms. The summed E-state index contributed by atoms with van der Waals surface area (Å²) in [6.45, 7) is 5.99. The first-order valence-electron chi connectivity index (χ1n) is 11.4. The van der Waals surface area contributed by atoms with Crippen molar-refractivity contribution < 1.29 is 19.2 Å². The minimum absolute atomic E-state index is 0.0377. The highest BCUT2D eigenvalue weighted by molar-refractivity contribution is 6.44. The molecule has 1 N–H and O–H groups in total. The Bertz CT molecular complexity index is 1450. The Balaban J connectivity index is 1.95. The van der Waals surface area contributed by atoms with Gasteiger partial charge >= 0.3 is 0 Å². The second kappa shape index (κ2) is 13.3. The maximum Gasteiger partial charge on any atom is 0.269 e. The van der Waals surface area contributed by atoms with Gasteiger partial charge in [0, 0.05) is 17.7 Å². The molecule has 0 fully saturated rings. The first-order chi connectivity index (χ1) is 18.3. The summed E-state index contributed by atoms with van der Waals surface area (Å²) >= 11 is 12.2. The second-order valence-corrected chi connectivity index (χ2v) is 8.66. The van der Waals surface area contributed by atoms with Crippen molar-refractivity contribution in [3.63, 3.8) is 0 Å². The molecule has 0 unspecified atom stereocenters. The third-order valence-electron chi connectivity index (χ3n) is 5.20. The number of non-ortho nitro benzene ring substituents is 1. The maximum absolute atomic E-state index is 12.8. The molecule has 0 bridgehead atoms. The molecule has 0 aliphatic rings. The monoisotopic (exact) mass is 551 g/mol. The van der Waals surface area contributed by atoms with Crippen LogP contribution in [-0.4, -0.2) is 17.4 Å². The summed E-state index contributed by atoms with van der Waals surface area (Å²) in [5.41, 5.74) is 1.90. The van der Waals surface area contributed by atoms with E-state index < -0.39 is 10.8 Å². The molecule has 38 heavy (non-hydrogen) atoms. The largest absolute Gasteiger partial charge is 0.490 e. The zero-order valence-corrected chi connectivity index (χ0v) is 21.9. The molecule has 0 saturated heterocycles. The van der Waals surface area contributed by atoms with E-state index in [1.165, 1.54) is 18.2 Å². The quantitative estimate of drug-likeness (QED) is 0.0888. The highest BCUT2D eigenvalue weighted by atomic mass is 35.5. The van der Waals surface area contributed by atoms with E-state index in [0.29, 0.717) is 41.2 Å². The van der Waals surface area contributed by atoms with Gasteiger partial charge in [-0.25, -0.2) is 0 Å². The van der Waals surface area contributed by atoms with Gasteiger partial charge in [0.25, 0.3) is 11.6 Å². The fourth-order valence-electron chi connectivity index (χ4n) is 3.52. The van der Waals surface area contributed by atoms with E-state index in [-0.39, 0.29) is 33.6 Å². The van der Waals surface area contributed by atoms with Gasteiger partial charge in [0.2, 0.25) is 0 Å². The fraction of sp³-hybridized carbons (Fsp3) is 0.143. The Morgan fingerprint density at radius 2 is 1.95 bits per heavy atom. The molecule has 0 radical (unpaired) electrons. The second-order valence-electron chi connectivity index (χ2n) is 7.87. The molecule has 0 atom stereocenters. The number of halogens is 2. The van der Waals surface area contributed by atoms with E-state index in [0.717, 1.165) is 0 Å². The number of ether oxygens (including phenoxy) is 2. The van der Waals surface area contributed by atoms with Crippen LogP contribution in [0.2, 0.25) is 10.0 Å². The molecule has 0 spiro atoms. The molecule has 3 aromatic rings. The number of carbonyl (C=O) groups excluding carboxylic acids is 1. The van der Waals surface area contributed by atoms with Crippen LogP contribution in [0.3, 0.4) is 0 Å². The number of nitrogens with zero attached hydrogens (tertiary/aromatic N) is 2. The Morgan fingerprint density at radius 3 is 2.63 bits per heavy atom. The standard InChI is InChI=1S/C28H23Cl2N3O5/c1-3-7-20-12-19(13-21(16-31)28(34)32-24-11-6-10-23(29)26(24)30)15-25(37-4-2)27(20)38-17-18-8-5-9-22(14-18)33(35)36/h3,5-6,8-15H,1,4,7,17H2,2H3,(H,32,34)/b21-13-. The minimum Gasteiger partial charge on any atom is -0.490 e. The summed E-state index contributed by atoms with van der Waals surface area (Å²) in [5, 5.41) is 23.8. The van der Waals surface area contributed by atoms with E-state index in [2.05, 4.69) is 11.9 Å². The lowest BCUT2D eigenvalue weighted by Crippen LogP contribution is -2.13. The predicted octanol–water partition coefficient (Wildman–Crippen LogP) is 7.15. The molecule has 0 aliphatic heterocycles. The number of rotatable bonds is 11. The number of hydrogen-bond donors (Lipinski definition) is 1. The van der Waals surface area contributed by atoms with Crippen LogP contribution >= 0.6 is 23.2 Å². The van der Waals surface area contributed by atoms with Crippen molar-refractivity contribution >= 4 is 46.6 Å². The molecule has 0 aromatic heterocycles. The van der Waals surface area contributed by atoms with Gasteiger partial charge in [0.15, 0.2) is 11.5 Å². The molecule has 1 amide bonds. The van der Waals surface area contributed by atoms with E-state index >= 15 is 0 Å². The third-order valence-corrected chi connectivity index (χ3v) is 6.02. The molecule has 3 aromatic carbocycles. The molecule has 0 heterocycles. The van der Waals surface area contributed by atoms with Gasteiger partial charge in [0.1, 0.15) is 18.2 Å². The lowest BCUT2D eigenvalue weighted by atomic mass is 10.0. The zero-order valence-electron chi connectivity index (χ0n) is 20.4. The van der Waals surface area contributed by atoms with Crippen molar-refractivity contribution in [1.82, 2.24) is 0 Å². The van der Waals surface area contributed by atoms with Crippen LogP contribution in [0.5, 0.6) is 11.5 Å². The average Bonchev–Trinajstić information content (AvgIpc) is 2.90. The number of allylic oxidation sites excluding steroid dienone is 1. The Hall–Kier alpha value is -4.32. The SMILES string of the molecule is C=CCc1cc(/C=C(/C#N)C(=O)Nc2cccc(Cl)c2Cl)cc(OCC)c1OCc1cccc([N+](=O)[O-])c1. The molecule has 0 saturated carbocycles. The highest BCUT2D eigenvalue weighted by Gasteiger charge is 2.17. The van der Waals surface area contributed by atoms with Crippen LogP contribution in [0.1, 0.15) is 23.6 Å². The van der Waals surface area contributed by atoms with Gasteiger partial charge in [-0.3, -0.25) is 14.9 Å². The lowest BCUT2D eigenvalue weighted by Gasteiger charge is -2.17. The fourth-order valence-corrected chi connectivity index (χ4v) is 3.87. The first kappa shape index (κ1) is 28.3. The number of nitro benzene ring substituents is 1. The Morgan fingerprint density at radius 1 is 1.18 bits per heavy atom. The molecule has 3 rings (SSSR count). The van der Waals surface area contributed by atoms with Gasteiger partial charge in [0.05, 0.1) is 27.3 Å². The van der Waals surface area contributed by atoms with Crippen molar-refractivity contribution in [2.24, 2.45) is 0 Å². The summed E-state index contributed by atoms with van der Waals surface area (Å²) < 4.78 is 11.8. The number of nitrogens with one attached hydrogen (secondary N) is 1. The Kier molecular flexibility index (Phi) is 9.88. The zero-order chi connectivity index (χ0) is 27.7. The molecule has 194 valence electrons. The summed E-state index contributed by atoms with van der Waals surface area (Å²) in [5.74, 6) is 0.161. The van der Waals surface area contributed by atoms with Gasteiger partial charge in [-0.05, 0) is 54.8 Å². The van der Waals surface area contributed by atoms with Gasteiger partial charge < -0.3 is 14.8 Å². The van der Waals surface area contributed by atoms with Crippen LogP contribution in [0.25, 0.3) is 6.08 Å². The van der Waals surface area contributed by atoms with Crippen molar-refractivity contribution in [3.8, 4) is 17.6 Å². The van der Waals surface area contributed by atoms with Gasteiger partial charge in [-0.1, -0.05) is 47.5 Å². The Labute approximate surface area is 229 Å². The summed E-state index contributed by atoms with van der Waals surface area (Å²) in [7, 11) is 0. The van der Waals surface area contributed by atoms with E-state index in [1.807, 2.05) is 13.0 Å². The van der Waals surface area contributed by atoms with Crippen molar-refractivity contribution in [2.45, 2.75) is 20.0 Å². The summed E-state index contributed by atoms with van der Waals surface area (Å²) in [4.78, 5) is 23.4. The lowest BCUT2D eigenvalue weighted by molar-refractivity contribution is -0.384. The minimum atomic E-state index is -0.661. The summed E-state index contributed by atoms with van der Waals surface area (Å²) in [6.07, 6.45) is 3.50. The van der Waals surface area contributed by atoms with Crippen LogP contribution in [0.4, 0.5) is 11.4 Å². The third kappa shape index (κ3) is 7.13. The number of nitriles is 1. The van der Waals surface area contributed by atoms with Crippen LogP contribution in [-0.2, 0) is 17.8 Å². The smallest absolute Gasteiger partial charge is 0.269 e. The van der Waals surface area contributed by atoms with Crippen molar-refractivity contribution in [1.29, 1.82) is 5.26 Å². The number of hydrogen-bond acceptors (Lipinski definition) is 6. The topological polar surface area (TPSA) is 114 Å². The van der Waals surface area contributed by atoms with Crippen LogP contribution in [0.15, 0.2) is 72.8 Å². The number of amides is 1. The first-order valence-corrected chi connectivity index (χ1v) is 12.2.